The number of rotatable bonds is 6. The Labute approximate surface area is 181 Å². The zero-order chi connectivity index (χ0) is 22.0. The summed E-state index contributed by atoms with van der Waals surface area (Å²) in [5, 5.41) is 11.0. The first-order chi connectivity index (χ1) is 15.0. The number of likely N-dealkylation sites (N-methyl/N-ethyl adjacent to an activating group) is 1. The van der Waals surface area contributed by atoms with Crippen molar-refractivity contribution in [2.75, 3.05) is 23.8 Å². The third kappa shape index (κ3) is 4.44. The average molecular weight is 423 g/mol. The summed E-state index contributed by atoms with van der Waals surface area (Å²) in [7, 11) is 1.92. The number of halogens is 1. The lowest BCUT2D eigenvalue weighted by Gasteiger charge is -2.39. The molecule has 7 nitrogen and oxygen atoms in total. The van der Waals surface area contributed by atoms with Crippen LogP contribution in [0.25, 0.3) is 11.1 Å². The van der Waals surface area contributed by atoms with Gasteiger partial charge in [0.25, 0.3) is 0 Å². The second-order valence-corrected chi connectivity index (χ2v) is 7.90. The molecule has 2 N–H and O–H groups in total. The summed E-state index contributed by atoms with van der Waals surface area (Å²) in [6.07, 6.45) is 5.80. The molecule has 8 heteroatoms. The normalized spacial score (nSPS) is 18.0. The van der Waals surface area contributed by atoms with Crippen molar-refractivity contribution in [1.82, 2.24) is 20.1 Å². The monoisotopic (exact) mass is 422 g/mol. The largest absolute Gasteiger partial charge is 0.363 e. The Kier molecular flexibility index (Phi) is 5.99. The molecule has 0 fully saturated rings. The van der Waals surface area contributed by atoms with Crippen LogP contribution in [0.15, 0.2) is 48.9 Å². The maximum atomic E-state index is 13.3. The Balaban J connectivity index is 1.70. The fraction of sp³-hybridized carbons (Fsp3) is 0.348. The van der Waals surface area contributed by atoms with Crippen LogP contribution in [0.4, 0.5) is 15.9 Å². The number of amides is 1. The molecule has 31 heavy (non-hydrogen) atoms. The number of aromatic nitrogens is 3. The number of nitrogens with one attached hydrogen (secondary N) is 2. The molecule has 2 unspecified atom stereocenters. The third-order valence-corrected chi connectivity index (χ3v) is 5.63. The number of benzene rings is 1. The van der Waals surface area contributed by atoms with Crippen LogP contribution in [-0.4, -0.2) is 40.3 Å². The Bertz CT molecular complexity index is 1060. The molecular formula is C23H27FN6O. The van der Waals surface area contributed by atoms with Crippen molar-refractivity contribution in [3.8, 4) is 11.1 Å². The zero-order valence-corrected chi connectivity index (χ0v) is 18.0. The van der Waals surface area contributed by atoms with Gasteiger partial charge < -0.3 is 15.5 Å². The summed E-state index contributed by atoms with van der Waals surface area (Å²) < 4.78 is 15.2. The van der Waals surface area contributed by atoms with Gasteiger partial charge in [-0.25, -0.2) is 9.37 Å². The highest BCUT2D eigenvalue weighted by Crippen LogP contribution is 2.40. The Morgan fingerprint density at radius 1 is 1.23 bits per heavy atom. The van der Waals surface area contributed by atoms with Crippen LogP contribution < -0.4 is 15.5 Å². The van der Waals surface area contributed by atoms with E-state index in [2.05, 4.69) is 26.8 Å². The number of nitrogens with zero attached hydrogens (tertiary/aromatic N) is 4. The van der Waals surface area contributed by atoms with Crippen LogP contribution in [0, 0.1) is 5.82 Å². The van der Waals surface area contributed by atoms with E-state index in [1.165, 1.54) is 12.3 Å². The van der Waals surface area contributed by atoms with Gasteiger partial charge in [0.2, 0.25) is 5.91 Å². The first-order valence-corrected chi connectivity index (χ1v) is 10.5. The lowest BCUT2D eigenvalue weighted by molar-refractivity contribution is -0.117. The number of hydrogen-bond acceptors (Lipinski definition) is 5. The van der Waals surface area contributed by atoms with Crippen LogP contribution >= 0.6 is 0 Å². The molecule has 1 aliphatic heterocycles. The van der Waals surface area contributed by atoms with Gasteiger partial charge in [0.05, 0.1) is 25.0 Å². The van der Waals surface area contributed by atoms with E-state index < -0.39 is 0 Å². The topological polar surface area (TPSA) is 75.1 Å². The maximum absolute atomic E-state index is 13.3. The van der Waals surface area contributed by atoms with Crippen LogP contribution in [0.1, 0.15) is 31.9 Å². The summed E-state index contributed by atoms with van der Waals surface area (Å²) in [6, 6.07) is 9.12. The maximum Gasteiger partial charge on any atom is 0.224 e. The van der Waals surface area contributed by atoms with Crippen molar-refractivity contribution in [3.63, 3.8) is 0 Å². The minimum Gasteiger partial charge on any atom is -0.363 e. The van der Waals surface area contributed by atoms with Crippen molar-refractivity contribution >= 4 is 17.4 Å². The van der Waals surface area contributed by atoms with Crippen LogP contribution in [0.5, 0.6) is 0 Å². The molecule has 0 radical (unpaired) electrons. The second kappa shape index (κ2) is 8.85. The van der Waals surface area contributed by atoms with Gasteiger partial charge in [-0.05, 0) is 55.8 Å². The van der Waals surface area contributed by atoms with E-state index in [4.69, 9.17) is 0 Å². The van der Waals surface area contributed by atoms with E-state index in [1.54, 1.807) is 13.0 Å². The van der Waals surface area contributed by atoms with Crippen LogP contribution in [0.3, 0.4) is 0 Å². The highest BCUT2D eigenvalue weighted by Gasteiger charge is 2.32. The van der Waals surface area contributed by atoms with Crippen LogP contribution in [-0.2, 0) is 11.3 Å². The highest BCUT2D eigenvalue weighted by atomic mass is 19.1. The van der Waals surface area contributed by atoms with Gasteiger partial charge in [-0.3, -0.25) is 9.48 Å². The molecule has 1 aromatic carbocycles. The molecule has 0 spiro atoms. The van der Waals surface area contributed by atoms with Crippen molar-refractivity contribution in [2.45, 2.75) is 38.9 Å². The summed E-state index contributed by atoms with van der Waals surface area (Å²) >= 11 is 0. The first kappa shape index (κ1) is 21.0. The second-order valence-electron chi connectivity index (χ2n) is 7.90. The molecule has 3 aromatic rings. The first-order valence-electron chi connectivity index (χ1n) is 10.5. The van der Waals surface area contributed by atoms with Gasteiger partial charge in [-0.1, -0.05) is 6.07 Å². The number of pyridine rings is 1. The van der Waals surface area contributed by atoms with Gasteiger partial charge in [-0.2, -0.15) is 5.10 Å². The quantitative estimate of drug-likeness (QED) is 0.635. The summed E-state index contributed by atoms with van der Waals surface area (Å²) in [6.45, 7) is 5.26. The summed E-state index contributed by atoms with van der Waals surface area (Å²) in [5.41, 5.74) is 3.95. The standard InChI is InChI=1S/C23H27FN6O/c1-15-10-21(28-23-7-5-19(24)13-26-23)20-11-17(4-6-22(20)30(15)16(2)31)18-12-27-29(14-18)9-8-25-3/h4-7,11-15,21,25H,8-10H2,1-3H3,(H,26,28). The van der Waals surface area contributed by atoms with Crippen molar-refractivity contribution in [2.24, 2.45) is 0 Å². The number of carbonyl (C=O) groups is 1. The molecule has 162 valence electrons. The Hall–Kier alpha value is -3.26. The Morgan fingerprint density at radius 3 is 2.77 bits per heavy atom. The van der Waals surface area contributed by atoms with Crippen LogP contribution in [0.2, 0.25) is 0 Å². The van der Waals surface area contributed by atoms with Crippen molar-refractivity contribution < 1.29 is 9.18 Å². The molecule has 0 bridgehead atoms. The van der Waals surface area contributed by atoms with Gasteiger partial charge in [0, 0.05) is 37.0 Å². The molecule has 3 heterocycles. The molecule has 0 aliphatic carbocycles. The lowest BCUT2D eigenvalue weighted by Crippen LogP contribution is -2.43. The fourth-order valence-corrected chi connectivity index (χ4v) is 4.16. The van der Waals surface area contributed by atoms with Gasteiger partial charge in [-0.15, -0.1) is 0 Å². The zero-order valence-electron chi connectivity index (χ0n) is 18.0. The van der Waals surface area contributed by atoms with E-state index in [1.807, 2.05) is 48.1 Å². The van der Waals surface area contributed by atoms with Crippen molar-refractivity contribution in [1.29, 1.82) is 0 Å². The third-order valence-electron chi connectivity index (χ3n) is 5.63. The fourth-order valence-electron chi connectivity index (χ4n) is 4.16. The van der Waals surface area contributed by atoms with Gasteiger partial charge in [0.1, 0.15) is 11.6 Å². The smallest absolute Gasteiger partial charge is 0.224 e. The van der Waals surface area contributed by atoms with E-state index in [0.29, 0.717) is 5.82 Å². The molecule has 2 atom stereocenters. The molecule has 4 rings (SSSR count). The summed E-state index contributed by atoms with van der Waals surface area (Å²) in [5.74, 6) is 0.245. The van der Waals surface area contributed by atoms with Crippen molar-refractivity contribution in [3.05, 3.63) is 60.3 Å². The Morgan fingerprint density at radius 2 is 2.06 bits per heavy atom. The highest BCUT2D eigenvalue weighted by molar-refractivity contribution is 5.94. The molecule has 1 aliphatic rings. The number of hydrogen-bond donors (Lipinski definition) is 2. The van der Waals surface area contributed by atoms with E-state index in [0.717, 1.165) is 41.9 Å². The minimum atomic E-state index is -0.372. The van der Waals surface area contributed by atoms with Gasteiger partial charge >= 0.3 is 0 Å². The minimum absolute atomic E-state index is 0.0137. The molecule has 2 aromatic heterocycles. The predicted molar refractivity (Wildman–Crippen MR) is 119 cm³/mol. The lowest BCUT2D eigenvalue weighted by atomic mass is 9.89. The SMILES string of the molecule is CNCCn1cc(-c2ccc3c(c2)C(Nc2ccc(F)cn2)CC(C)N3C(C)=O)cn1. The van der Waals surface area contributed by atoms with E-state index >= 15 is 0 Å². The number of fused-ring (bicyclic) bond motifs is 1. The number of anilines is 2. The average Bonchev–Trinajstić information content (AvgIpc) is 3.22. The summed E-state index contributed by atoms with van der Waals surface area (Å²) in [4.78, 5) is 18.4. The van der Waals surface area contributed by atoms with Gasteiger partial charge in [0.15, 0.2) is 0 Å². The van der Waals surface area contributed by atoms with E-state index in [-0.39, 0.29) is 23.8 Å². The molecule has 0 saturated heterocycles. The van der Waals surface area contributed by atoms with E-state index in [9.17, 15) is 9.18 Å². The predicted octanol–water partition coefficient (Wildman–Crippen LogP) is 3.60. The molecule has 0 saturated carbocycles. The number of carbonyl (C=O) groups excluding carboxylic acids is 1. The molecular weight excluding hydrogens is 395 g/mol. The molecule has 1 amide bonds.